The maximum absolute atomic E-state index is 11.7. The molecule has 4 rings (SSSR count). The van der Waals surface area contributed by atoms with Gasteiger partial charge in [0.2, 0.25) is 0 Å². The van der Waals surface area contributed by atoms with Crippen LogP contribution in [0.15, 0.2) is 66.7 Å². The van der Waals surface area contributed by atoms with Crippen LogP contribution < -0.4 is 5.32 Å². The zero-order valence-corrected chi connectivity index (χ0v) is 19.8. The fourth-order valence-corrected chi connectivity index (χ4v) is 3.91. The lowest BCUT2D eigenvalue weighted by atomic mass is 10.0. The van der Waals surface area contributed by atoms with Gasteiger partial charge in [0.1, 0.15) is 11.0 Å². The topological polar surface area (TPSA) is 59.8 Å². The van der Waals surface area contributed by atoms with Crippen LogP contribution in [0.25, 0.3) is 16.7 Å². The van der Waals surface area contributed by atoms with Crippen molar-refractivity contribution >= 4 is 28.2 Å². The van der Waals surface area contributed by atoms with E-state index in [1.54, 1.807) is 11.7 Å². The number of hydrogen-bond donors (Lipinski definition) is 1. The van der Waals surface area contributed by atoms with E-state index in [2.05, 4.69) is 74.2 Å². The molecule has 5 nitrogen and oxygen atoms in total. The Morgan fingerprint density at radius 3 is 2.36 bits per heavy atom. The zero-order chi connectivity index (χ0) is 23.5. The smallest absolute Gasteiger partial charge is 0.157 e. The Balaban J connectivity index is 1.46. The lowest BCUT2D eigenvalue weighted by Crippen LogP contribution is -2.03. The Hall–Kier alpha value is -3.73. The van der Waals surface area contributed by atoms with Gasteiger partial charge in [0.15, 0.2) is 5.78 Å². The number of ketones is 1. The number of carbonyl (C=O) groups excluding carboxylic acids is 1. The lowest BCUT2D eigenvalue weighted by molar-refractivity contribution is -0.115. The van der Waals surface area contributed by atoms with Gasteiger partial charge in [-0.25, -0.2) is 0 Å². The molecule has 0 spiro atoms. The summed E-state index contributed by atoms with van der Waals surface area (Å²) in [6.45, 7) is 11.8. The average Bonchev–Trinajstić information content (AvgIpc) is 3.20. The third-order valence-electron chi connectivity index (χ3n) is 5.97. The molecule has 4 aromatic rings. The number of benzene rings is 3. The van der Waals surface area contributed by atoms with Crippen LogP contribution in [0.1, 0.15) is 42.0 Å². The minimum atomic E-state index is 0.147. The predicted octanol–water partition coefficient (Wildman–Crippen LogP) is 6.56. The molecule has 0 aliphatic carbocycles. The van der Waals surface area contributed by atoms with Crippen molar-refractivity contribution in [3.05, 3.63) is 89.0 Å². The van der Waals surface area contributed by atoms with Gasteiger partial charge < -0.3 is 5.32 Å². The van der Waals surface area contributed by atoms with E-state index in [-0.39, 0.29) is 5.78 Å². The van der Waals surface area contributed by atoms with E-state index >= 15 is 0 Å². The molecule has 0 aliphatic rings. The largest absolute Gasteiger partial charge is 0.355 e. The van der Waals surface area contributed by atoms with Crippen LogP contribution in [0, 0.1) is 20.8 Å². The fourth-order valence-electron chi connectivity index (χ4n) is 3.91. The first-order valence-electron chi connectivity index (χ1n) is 11.3. The molecule has 0 saturated heterocycles. The maximum atomic E-state index is 11.7. The summed E-state index contributed by atoms with van der Waals surface area (Å²) in [6, 6.07) is 18.7. The van der Waals surface area contributed by atoms with E-state index in [1.165, 1.54) is 22.3 Å². The number of Topliss-reactive ketones (excluding diaryl/α,β-unsaturated/α-hetero) is 1. The number of aryl methyl sites for hydroxylation is 3. The average molecular weight is 439 g/mol. The van der Waals surface area contributed by atoms with Crippen molar-refractivity contribution < 1.29 is 4.79 Å². The quantitative estimate of drug-likeness (QED) is 0.317. The number of nitrogens with zero attached hydrogens (tertiary/aromatic N) is 3. The third-order valence-corrected chi connectivity index (χ3v) is 5.97. The van der Waals surface area contributed by atoms with E-state index < -0.39 is 0 Å². The summed E-state index contributed by atoms with van der Waals surface area (Å²) in [5, 5.41) is 12.9. The van der Waals surface area contributed by atoms with Crippen molar-refractivity contribution in [2.24, 2.45) is 0 Å². The van der Waals surface area contributed by atoms with Gasteiger partial charge in [-0.2, -0.15) is 4.80 Å². The molecule has 1 N–H and O–H groups in total. The van der Waals surface area contributed by atoms with Gasteiger partial charge in [0.25, 0.3) is 0 Å². The number of anilines is 2. The molecular formula is C28H30N4O. The SMILES string of the molecule is C=C(C)C(=O)CCCc1ccc(Nc2ccc3nn(-c4cc(C)cc(C)c4C)nc3c2)cc1. The summed E-state index contributed by atoms with van der Waals surface area (Å²) in [5.74, 6) is 0.147. The van der Waals surface area contributed by atoms with E-state index in [0.717, 1.165) is 40.9 Å². The van der Waals surface area contributed by atoms with E-state index in [4.69, 9.17) is 5.10 Å². The number of aromatic nitrogens is 3. The maximum Gasteiger partial charge on any atom is 0.157 e. The van der Waals surface area contributed by atoms with Crippen LogP contribution in [-0.2, 0) is 11.2 Å². The standard InChI is InChI=1S/C28H30N4O/c1-18(2)28(33)8-6-7-22-9-11-23(12-10-22)29-24-13-14-25-26(17-24)31-32(30-25)27-16-19(3)15-20(4)21(27)5/h9-17,29H,1,6-8H2,2-5H3. The molecule has 0 bridgehead atoms. The predicted molar refractivity (Wildman–Crippen MR) is 136 cm³/mol. The van der Waals surface area contributed by atoms with Gasteiger partial charge >= 0.3 is 0 Å². The normalized spacial score (nSPS) is 11.0. The molecule has 0 saturated carbocycles. The van der Waals surface area contributed by atoms with Gasteiger partial charge in [-0.15, -0.1) is 10.2 Å². The number of fused-ring (bicyclic) bond motifs is 1. The van der Waals surface area contributed by atoms with Gasteiger partial charge in [-0.05, 0) is 105 Å². The number of hydrogen-bond acceptors (Lipinski definition) is 4. The Bertz CT molecular complexity index is 1330. The van der Waals surface area contributed by atoms with E-state index in [9.17, 15) is 4.79 Å². The molecule has 33 heavy (non-hydrogen) atoms. The molecule has 0 amide bonds. The van der Waals surface area contributed by atoms with Gasteiger partial charge in [0.05, 0.1) is 5.69 Å². The van der Waals surface area contributed by atoms with Crippen molar-refractivity contribution in [2.75, 3.05) is 5.32 Å². The van der Waals surface area contributed by atoms with Crippen molar-refractivity contribution in [1.82, 2.24) is 15.0 Å². The molecule has 1 heterocycles. The van der Waals surface area contributed by atoms with E-state index in [1.807, 2.05) is 18.2 Å². The molecule has 5 heteroatoms. The van der Waals surface area contributed by atoms with Crippen LogP contribution in [0.5, 0.6) is 0 Å². The number of nitrogens with one attached hydrogen (secondary N) is 1. The highest BCUT2D eigenvalue weighted by Crippen LogP contribution is 2.24. The Labute approximate surface area is 195 Å². The van der Waals surface area contributed by atoms with Crippen molar-refractivity contribution in [2.45, 2.75) is 47.0 Å². The lowest BCUT2D eigenvalue weighted by Gasteiger charge is -2.08. The van der Waals surface area contributed by atoms with Crippen LogP contribution in [0.3, 0.4) is 0 Å². The molecule has 0 aliphatic heterocycles. The fraction of sp³-hybridized carbons (Fsp3) is 0.250. The highest BCUT2D eigenvalue weighted by atomic mass is 16.1. The highest BCUT2D eigenvalue weighted by molar-refractivity contribution is 5.94. The second kappa shape index (κ2) is 9.41. The zero-order valence-electron chi connectivity index (χ0n) is 19.8. The van der Waals surface area contributed by atoms with Crippen LogP contribution in [0.4, 0.5) is 11.4 Å². The Morgan fingerprint density at radius 1 is 0.939 bits per heavy atom. The summed E-state index contributed by atoms with van der Waals surface area (Å²) in [4.78, 5) is 13.4. The summed E-state index contributed by atoms with van der Waals surface area (Å²) < 4.78 is 0. The Morgan fingerprint density at radius 2 is 1.64 bits per heavy atom. The van der Waals surface area contributed by atoms with Crippen LogP contribution >= 0.6 is 0 Å². The molecule has 3 aromatic carbocycles. The molecule has 0 fully saturated rings. The monoisotopic (exact) mass is 438 g/mol. The van der Waals surface area contributed by atoms with Gasteiger partial charge in [-0.3, -0.25) is 4.79 Å². The summed E-state index contributed by atoms with van der Waals surface area (Å²) in [7, 11) is 0. The molecule has 0 unspecified atom stereocenters. The van der Waals surface area contributed by atoms with Crippen LogP contribution in [-0.4, -0.2) is 20.8 Å². The first-order chi connectivity index (χ1) is 15.8. The number of carbonyl (C=O) groups is 1. The molecule has 0 radical (unpaired) electrons. The highest BCUT2D eigenvalue weighted by Gasteiger charge is 2.10. The number of allylic oxidation sites excluding steroid dienone is 1. The summed E-state index contributed by atoms with van der Waals surface area (Å²) in [6.07, 6.45) is 2.27. The minimum Gasteiger partial charge on any atom is -0.355 e. The molecule has 1 aromatic heterocycles. The van der Waals surface area contributed by atoms with Crippen LogP contribution in [0.2, 0.25) is 0 Å². The van der Waals surface area contributed by atoms with Crippen molar-refractivity contribution in [3.8, 4) is 5.69 Å². The van der Waals surface area contributed by atoms with Gasteiger partial charge in [-0.1, -0.05) is 24.8 Å². The number of rotatable bonds is 8. The van der Waals surface area contributed by atoms with E-state index in [0.29, 0.717) is 12.0 Å². The Kier molecular flexibility index (Phi) is 6.40. The molecule has 168 valence electrons. The second-order valence-corrected chi connectivity index (χ2v) is 8.80. The third kappa shape index (κ3) is 5.20. The molecule has 0 atom stereocenters. The summed E-state index contributed by atoms with van der Waals surface area (Å²) in [5.41, 5.74) is 10.2. The van der Waals surface area contributed by atoms with Gasteiger partial charge in [0, 0.05) is 17.8 Å². The summed E-state index contributed by atoms with van der Waals surface area (Å²) >= 11 is 0. The van der Waals surface area contributed by atoms with Crippen molar-refractivity contribution in [1.29, 1.82) is 0 Å². The minimum absolute atomic E-state index is 0.147. The first kappa shape index (κ1) is 22.5. The second-order valence-electron chi connectivity index (χ2n) is 8.80. The van der Waals surface area contributed by atoms with Crippen molar-refractivity contribution in [3.63, 3.8) is 0 Å². The first-order valence-corrected chi connectivity index (χ1v) is 11.3. The molecular weight excluding hydrogens is 408 g/mol.